The Morgan fingerprint density at radius 3 is 1.06 bits per heavy atom. The van der Waals surface area contributed by atoms with Gasteiger partial charge in [-0.25, -0.2) is 0 Å². The van der Waals surface area contributed by atoms with E-state index in [1.165, 1.54) is 20.2 Å². The summed E-state index contributed by atoms with van der Waals surface area (Å²) in [6, 6.07) is 38.7. The van der Waals surface area contributed by atoms with Gasteiger partial charge in [0.2, 0.25) is 0 Å². The standard InChI is InChI=1S/C26H20GeO2S2/c28-25(21-13-5-1-6-14-21)30-27(23-17-9-3-10-18-23,24-19-11-4-12-20-24)31-26(29)22-15-7-2-8-16-22/h1-20H. The zero-order chi connectivity index (χ0) is 21.5. The Bertz CT molecular complexity index is 1060. The molecule has 4 aromatic carbocycles. The van der Waals surface area contributed by atoms with E-state index in [1.54, 1.807) is 0 Å². The van der Waals surface area contributed by atoms with Gasteiger partial charge in [-0.2, -0.15) is 0 Å². The number of rotatable bonds is 6. The second-order valence-corrected chi connectivity index (χ2v) is 23.3. The van der Waals surface area contributed by atoms with Crippen molar-refractivity contribution >= 4 is 50.2 Å². The molecule has 0 fully saturated rings. The maximum absolute atomic E-state index is 13.4. The Balaban J connectivity index is 1.84. The van der Waals surface area contributed by atoms with Gasteiger partial charge in [0.05, 0.1) is 0 Å². The fraction of sp³-hybridized carbons (Fsp3) is 0. The van der Waals surface area contributed by atoms with Crippen molar-refractivity contribution in [1.82, 2.24) is 0 Å². The van der Waals surface area contributed by atoms with E-state index in [4.69, 9.17) is 0 Å². The second-order valence-electron chi connectivity index (χ2n) is 6.86. The number of benzene rings is 4. The molecule has 0 saturated heterocycles. The third kappa shape index (κ3) is 5.04. The van der Waals surface area contributed by atoms with E-state index in [0.29, 0.717) is 11.1 Å². The van der Waals surface area contributed by atoms with E-state index in [0.717, 1.165) is 8.79 Å². The van der Waals surface area contributed by atoms with Gasteiger partial charge >= 0.3 is 192 Å². The summed E-state index contributed by atoms with van der Waals surface area (Å²) in [5, 5.41) is 0.00309. The Morgan fingerprint density at radius 1 is 0.452 bits per heavy atom. The second kappa shape index (κ2) is 10.2. The molecular formula is C26H20GeO2S2. The predicted molar refractivity (Wildman–Crippen MR) is 135 cm³/mol. The summed E-state index contributed by atoms with van der Waals surface area (Å²) in [5.74, 6) is 0. The van der Waals surface area contributed by atoms with E-state index >= 15 is 0 Å². The summed E-state index contributed by atoms with van der Waals surface area (Å²) >= 11 is 0. The van der Waals surface area contributed by atoms with Crippen LogP contribution in [0.1, 0.15) is 20.7 Å². The van der Waals surface area contributed by atoms with Crippen molar-refractivity contribution in [3.8, 4) is 0 Å². The zero-order valence-electron chi connectivity index (χ0n) is 16.7. The van der Waals surface area contributed by atoms with Gasteiger partial charge in [-0.1, -0.05) is 0 Å². The first-order valence-electron chi connectivity index (χ1n) is 9.87. The molecule has 0 radical (unpaired) electrons. The van der Waals surface area contributed by atoms with Crippen LogP contribution in [0.25, 0.3) is 0 Å². The zero-order valence-corrected chi connectivity index (χ0v) is 20.4. The molecule has 5 heteroatoms. The maximum atomic E-state index is 13.4. The van der Waals surface area contributed by atoms with Gasteiger partial charge in [0.25, 0.3) is 0 Å². The van der Waals surface area contributed by atoms with Crippen LogP contribution in [-0.2, 0) is 0 Å². The molecule has 0 unspecified atom stereocenters. The number of carbonyl (C=O) groups excluding carboxylic acids is 2. The van der Waals surface area contributed by atoms with E-state index < -0.39 is 11.0 Å². The van der Waals surface area contributed by atoms with Crippen LogP contribution in [0.15, 0.2) is 121 Å². The Hall–Kier alpha value is -2.54. The van der Waals surface area contributed by atoms with Crippen molar-refractivity contribution in [2.24, 2.45) is 0 Å². The molecule has 0 heterocycles. The molecule has 0 aliphatic carbocycles. The molecule has 0 bridgehead atoms. The Kier molecular flexibility index (Phi) is 7.12. The summed E-state index contributed by atoms with van der Waals surface area (Å²) < 4.78 is 2.16. The van der Waals surface area contributed by atoms with Crippen LogP contribution in [0.2, 0.25) is 0 Å². The van der Waals surface area contributed by atoms with E-state index in [9.17, 15) is 9.59 Å². The molecule has 31 heavy (non-hydrogen) atoms. The molecule has 0 atom stereocenters. The summed E-state index contributed by atoms with van der Waals surface area (Å²) in [7, 11) is -0.867. The molecule has 4 aromatic rings. The van der Waals surface area contributed by atoms with Crippen molar-refractivity contribution in [3.05, 3.63) is 132 Å². The van der Waals surface area contributed by atoms with Gasteiger partial charge in [0.1, 0.15) is 0 Å². The molecule has 0 spiro atoms. The summed E-state index contributed by atoms with van der Waals surface area (Å²) in [4.78, 5) is 26.8. The summed E-state index contributed by atoms with van der Waals surface area (Å²) in [6.45, 7) is 0. The topological polar surface area (TPSA) is 34.1 Å². The van der Waals surface area contributed by atoms with Gasteiger partial charge in [0.15, 0.2) is 0 Å². The van der Waals surface area contributed by atoms with Gasteiger partial charge in [-0.15, -0.1) is 0 Å². The number of hydrogen-bond donors (Lipinski definition) is 0. The van der Waals surface area contributed by atoms with Crippen LogP contribution in [-0.4, -0.2) is 21.2 Å². The van der Waals surface area contributed by atoms with Crippen molar-refractivity contribution in [1.29, 1.82) is 0 Å². The molecule has 0 aliphatic rings. The van der Waals surface area contributed by atoms with E-state index in [1.807, 2.05) is 97.1 Å². The fourth-order valence-electron chi connectivity index (χ4n) is 3.27. The third-order valence-corrected chi connectivity index (χ3v) is 24.3. The van der Waals surface area contributed by atoms with Crippen molar-refractivity contribution < 1.29 is 9.59 Å². The monoisotopic (exact) mass is 502 g/mol. The van der Waals surface area contributed by atoms with Crippen LogP contribution >= 0.6 is 20.2 Å². The Labute approximate surface area is 191 Å². The van der Waals surface area contributed by atoms with Gasteiger partial charge < -0.3 is 0 Å². The van der Waals surface area contributed by atoms with Gasteiger partial charge in [-0.3, -0.25) is 0 Å². The molecular weight excluding hydrogens is 481 g/mol. The molecule has 4 rings (SSSR count). The predicted octanol–water partition coefficient (Wildman–Crippen LogP) is 5.39. The van der Waals surface area contributed by atoms with Crippen molar-refractivity contribution in [2.45, 2.75) is 0 Å². The van der Waals surface area contributed by atoms with E-state index in [2.05, 4.69) is 24.3 Å². The minimum atomic E-state index is -3.60. The average molecular weight is 501 g/mol. The SMILES string of the molecule is O=C([S][Ge]([S]C(=O)c1ccccc1)([c]1ccccc1)[c]1ccccc1)c1ccccc1. The van der Waals surface area contributed by atoms with Crippen LogP contribution in [0.4, 0.5) is 0 Å². The molecule has 0 aromatic heterocycles. The fourth-order valence-corrected chi connectivity index (χ4v) is 22.0. The first-order chi connectivity index (χ1) is 15.2. The first-order valence-corrected chi connectivity index (χ1v) is 18.7. The molecule has 0 amide bonds. The van der Waals surface area contributed by atoms with Gasteiger partial charge in [0, 0.05) is 0 Å². The third-order valence-electron chi connectivity index (χ3n) is 4.80. The molecule has 152 valence electrons. The van der Waals surface area contributed by atoms with E-state index in [-0.39, 0.29) is 10.2 Å². The van der Waals surface area contributed by atoms with Crippen molar-refractivity contribution in [2.75, 3.05) is 0 Å². The molecule has 0 aliphatic heterocycles. The molecule has 0 N–H and O–H groups in total. The number of hydrogen-bond acceptors (Lipinski definition) is 4. The summed E-state index contributed by atoms with van der Waals surface area (Å²) in [6.07, 6.45) is 0. The van der Waals surface area contributed by atoms with Crippen molar-refractivity contribution in [3.63, 3.8) is 0 Å². The van der Waals surface area contributed by atoms with Crippen LogP contribution < -0.4 is 8.79 Å². The summed E-state index contributed by atoms with van der Waals surface area (Å²) in [5.41, 5.74) is 1.31. The molecule has 2 nitrogen and oxygen atoms in total. The Morgan fingerprint density at radius 2 is 0.742 bits per heavy atom. The minimum absolute atomic E-state index is 0.00154. The average Bonchev–Trinajstić information content (AvgIpc) is 2.85. The first kappa shape index (κ1) is 21.7. The quantitative estimate of drug-likeness (QED) is 0.332. The normalized spacial score (nSPS) is 11.1. The molecule has 0 saturated carbocycles. The van der Waals surface area contributed by atoms with Crippen LogP contribution in [0.5, 0.6) is 0 Å². The van der Waals surface area contributed by atoms with Crippen LogP contribution in [0.3, 0.4) is 0 Å². The number of carbonyl (C=O) groups is 2. The van der Waals surface area contributed by atoms with Gasteiger partial charge in [-0.05, 0) is 0 Å². The van der Waals surface area contributed by atoms with Crippen LogP contribution in [0, 0.1) is 0 Å².